The Morgan fingerprint density at radius 2 is 1.77 bits per heavy atom. The molecule has 0 fully saturated rings. The molecule has 0 spiro atoms. The molecular formula is C18H17F3N2O2S. The number of thiol groups is 1. The molecule has 138 valence electrons. The average molecular weight is 382 g/mol. The maximum Gasteiger partial charge on any atom is 0.416 e. The lowest BCUT2D eigenvalue weighted by Crippen LogP contribution is -2.31. The molecule has 0 bridgehead atoms. The van der Waals surface area contributed by atoms with Crippen LogP contribution in [0.25, 0.3) is 0 Å². The number of para-hydroxylation sites is 1. The molecule has 0 radical (unpaired) electrons. The molecule has 2 aromatic carbocycles. The molecule has 1 unspecified atom stereocenters. The number of nitrogens with one attached hydrogen (secondary N) is 1. The molecule has 0 aliphatic carbocycles. The van der Waals surface area contributed by atoms with Crippen LogP contribution in [0.3, 0.4) is 0 Å². The number of hydrogen-bond acceptors (Lipinski definition) is 3. The summed E-state index contributed by atoms with van der Waals surface area (Å²) in [7, 11) is -2.71. The Morgan fingerprint density at radius 3 is 2.42 bits per heavy atom. The Balaban J connectivity index is 1.90. The zero-order valence-corrected chi connectivity index (χ0v) is 14.5. The van der Waals surface area contributed by atoms with Crippen molar-refractivity contribution in [3.05, 3.63) is 71.9 Å². The average Bonchev–Trinajstić information content (AvgIpc) is 2.60. The highest BCUT2D eigenvalue weighted by molar-refractivity contribution is 7.70. The second kappa shape index (κ2) is 7.41. The number of nitrogens with zero attached hydrogens (tertiary/aromatic N) is 1. The van der Waals surface area contributed by atoms with E-state index < -0.39 is 22.6 Å². The highest BCUT2D eigenvalue weighted by Gasteiger charge is 2.31. The van der Waals surface area contributed by atoms with E-state index in [0.29, 0.717) is 12.2 Å². The zero-order valence-electron chi connectivity index (χ0n) is 13.6. The number of alkyl halides is 3. The fraction of sp³-hybridized carbons (Fsp3) is 0.222. The molecule has 26 heavy (non-hydrogen) atoms. The molecule has 8 heteroatoms. The largest absolute Gasteiger partial charge is 0.416 e. The van der Waals surface area contributed by atoms with E-state index in [2.05, 4.69) is 4.72 Å². The van der Waals surface area contributed by atoms with E-state index in [0.717, 1.165) is 29.8 Å². The summed E-state index contributed by atoms with van der Waals surface area (Å²) >= 11 is 0. The van der Waals surface area contributed by atoms with Crippen molar-refractivity contribution in [1.29, 1.82) is 0 Å². The van der Waals surface area contributed by atoms with Crippen LogP contribution < -0.4 is 9.62 Å². The second-order valence-electron chi connectivity index (χ2n) is 5.99. The van der Waals surface area contributed by atoms with Crippen LogP contribution in [0.2, 0.25) is 0 Å². The molecule has 4 nitrogen and oxygen atoms in total. The quantitative estimate of drug-likeness (QED) is 0.794. The molecule has 2 aromatic rings. The minimum atomic E-state index is -4.37. The van der Waals surface area contributed by atoms with Gasteiger partial charge in [-0.2, -0.15) is 13.2 Å². The summed E-state index contributed by atoms with van der Waals surface area (Å²) in [6.07, 6.45) is -0.501. The predicted molar refractivity (Wildman–Crippen MR) is 94.7 cm³/mol. The summed E-state index contributed by atoms with van der Waals surface area (Å²) in [5, 5.41) is 0. The summed E-state index contributed by atoms with van der Waals surface area (Å²) in [5.41, 5.74) is 1.97. The van der Waals surface area contributed by atoms with Crippen LogP contribution in [0.4, 0.5) is 24.5 Å². The van der Waals surface area contributed by atoms with Gasteiger partial charge < -0.3 is 4.90 Å². The van der Waals surface area contributed by atoms with Crippen LogP contribution in [0.5, 0.6) is 0 Å². The fourth-order valence-electron chi connectivity index (χ4n) is 3.07. The summed E-state index contributed by atoms with van der Waals surface area (Å²) in [6.45, 7) is 0.538. The van der Waals surface area contributed by atoms with Crippen molar-refractivity contribution >= 4 is 22.3 Å². The summed E-state index contributed by atoms with van der Waals surface area (Å²) < 4.78 is 61.8. The molecule has 0 saturated carbocycles. The molecule has 3 rings (SSSR count). The monoisotopic (exact) mass is 382 g/mol. The SMILES string of the molecule is O=[SH](=O)NC=CC1Cc2ccccc2N(c2ccc(C(F)(F)F)cc2)C1. The highest BCUT2D eigenvalue weighted by atomic mass is 32.2. The van der Waals surface area contributed by atoms with E-state index in [4.69, 9.17) is 0 Å². The first-order valence-electron chi connectivity index (χ1n) is 7.94. The van der Waals surface area contributed by atoms with Gasteiger partial charge in [0, 0.05) is 30.0 Å². The maximum absolute atomic E-state index is 12.8. The van der Waals surface area contributed by atoms with Crippen molar-refractivity contribution in [3.8, 4) is 0 Å². The lowest BCUT2D eigenvalue weighted by molar-refractivity contribution is -0.137. The normalized spacial score (nSPS) is 17.5. The molecule has 0 saturated heterocycles. The number of fused-ring (bicyclic) bond motifs is 1. The third kappa shape index (κ3) is 4.19. The van der Waals surface area contributed by atoms with Crippen molar-refractivity contribution in [2.75, 3.05) is 11.4 Å². The number of anilines is 2. The number of halogens is 3. The van der Waals surface area contributed by atoms with Gasteiger partial charge in [0.05, 0.1) is 5.56 Å². The Morgan fingerprint density at radius 1 is 1.08 bits per heavy atom. The van der Waals surface area contributed by atoms with Crippen molar-refractivity contribution < 1.29 is 21.6 Å². The van der Waals surface area contributed by atoms with E-state index in [-0.39, 0.29) is 5.92 Å². The summed E-state index contributed by atoms with van der Waals surface area (Å²) in [5.74, 6) is 0.0228. The van der Waals surface area contributed by atoms with Gasteiger partial charge in [0.1, 0.15) is 0 Å². The zero-order chi connectivity index (χ0) is 18.7. The third-order valence-corrected chi connectivity index (χ3v) is 4.60. The Hall–Kier alpha value is -2.48. The second-order valence-corrected chi connectivity index (χ2v) is 6.77. The number of rotatable bonds is 4. The highest BCUT2D eigenvalue weighted by Crippen LogP contribution is 2.37. The lowest BCUT2D eigenvalue weighted by atomic mass is 9.92. The van der Waals surface area contributed by atoms with E-state index in [1.54, 1.807) is 6.08 Å². The van der Waals surface area contributed by atoms with Crippen LogP contribution in [0, 0.1) is 5.92 Å². The molecule has 1 N–H and O–H groups in total. The topological polar surface area (TPSA) is 49.4 Å². The maximum atomic E-state index is 12.8. The molecule has 1 aliphatic rings. The van der Waals surface area contributed by atoms with Crippen LogP contribution >= 0.6 is 0 Å². The van der Waals surface area contributed by atoms with Gasteiger partial charge in [-0.3, -0.25) is 4.72 Å². The van der Waals surface area contributed by atoms with Gasteiger partial charge in [0.25, 0.3) is 0 Å². The first-order valence-corrected chi connectivity index (χ1v) is 9.12. The lowest BCUT2D eigenvalue weighted by Gasteiger charge is -2.35. The minimum absolute atomic E-state index is 0.0228. The van der Waals surface area contributed by atoms with Gasteiger partial charge in [0.2, 0.25) is 10.9 Å². The van der Waals surface area contributed by atoms with Crippen LogP contribution in [-0.2, 0) is 23.5 Å². The standard InChI is InChI=1S/C18H17F3N2O2S/c19-18(20,21)15-5-7-16(8-6-15)23-12-13(9-10-22-26(24)25)11-14-3-1-2-4-17(14)23/h1-10,13,26H,11-12H2,(H,22,24,25). The molecule has 0 amide bonds. The molecule has 0 aromatic heterocycles. The first kappa shape index (κ1) is 18.3. The van der Waals surface area contributed by atoms with E-state index >= 15 is 0 Å². The van der Waals surface area contributed by atoms with Crippen molar-refractivity contribution in [2.24, 2.45) is 5.92 Å². The van der Waals surface area contributed by atoms with E-state index in [1.165, 1.54) is 18.3 Å². The Kier molecular flexibility index (Phi) is 5.22. The Labute approximate surface area is 151 Å². The number of benzene rings is 2. The smallest absolute Gasteiger partial charge is 0.341 e. The summed E-state index contributed by atoms with van der Waals surface area (Å²) in [4.78, 5) is 1.95. The van der Waals surface area contributed by atoms with Crippen molar-refractivity contribution in [1.82, 2.24) is 4.72 Å². The van der Waals surface area contributed by atoms with Gasteiger partial charge in [-0.05, 0) is 42.3 Å². The van der Waals surface area contributed by atoms with Crippen LogP contribution in [0.1, 0.15) is 11.1 Å². The minimum Gasteiger partial charge on any atom is -0.341 e. The van der Waals surface area contributed by atoms with Crippen molar-refractivity contribution in [2.45, 2.75) is 12.6 Å². The molecule has 1 heterocycles. The first-order chi connectivity index (χ1) is 12.3. The van der Waals surface area contributed by atoms with Gasteiger partial charge >= 0.3 is 6.18 Å². The molecule has 1 aliphatic heterocycles. The number of hydrogen-bond donors (Lipinski definition) is 2. The van der Waals surface area contributed by atoms with E-state index in [1.807, 2.05) is 29.2 Å². The van der Waals surface area contributed by atoms with Crippen molar-refractivity contribution in [3.63, 3.8) is 0 Å². The van der Waals surface area contributed by atoms with E-state index in [9.17, 15) is 21.6 Å². The van der Waals surface area contributed by atoms with Gasteiger partial charge in [-0.1, -0.05) is 24.3 Å². The molecular weight excluding hydrogens is 365 g/mol. The predicted octanol–water partition coefficient (Wildman–Crippen LogP) is 3.65. The Bertz CT molecular complexity index is 869. The van der Waals surface area contributed by atoms with Crippen LogP contribution in [-0.4, -0.2) is 15.0 Å². The fourth-order valence-corrected chi connectivity index (χ4v) is 3.28. The van der Waals surface area contributed by atoms with Gasteiger partial charge in [-0.25, -0.2) is 8.42 Å². The van der Waals surface area contributed by atoms with Crippen LogP contribution in [0.15, 0.2) is 60.8 Å². The van der Waals surface area contributed by atoms with Gasteiger partial charge in [0.15, 0.2) is 0 Å². The third-order valence-electron chi connectivity index (χ3n) is 4.24. The van der Waals surface area contributed by atoms with Gasteiger partial charge in [-0.15, -0.1) is 0 Å². The molecule has 1 atom stereocenters. The summed E-state index contributed by atoms with van der Waals surface area (Å²) in [6, 6.07) is 12.7.